The molecule has 15 nitrogen and oxygen atoms in total. The fourth-order valence-corrected chi connectivity index (χ4v) is 3.39. The van der Waals surface area contributed by atoms with Crippen molar-refractivity contribution in [2.75, 3.05) is 6.54 Å². The molecule has 0 aromatic carbocycles. The van der Waals surface area contributed by atoms with E-state index in [1.165, 1.54) is 19.4 Å². The van der Waals surface area contributed by atoms with Crippen molar-refractivity contribution in [3.05, 3.63) is 18.2 Å². The lowest BCUT2D eigenvalue weighted by molar-refractivity contribution is -0.143. The van der Waals surface area contributed by atoms with E-state index in [9.17, 15) is 29.4 Å². The van der Waals surface area contributed by atoms with Gasteiger partial charge in [-0.3, -0.25) is 19.4 Å². The average molecular weight is 526 g/mol. The molecule has 5 unspecified atom stereocenters. The number of hydrogen-bond donors (Lipinski definition) is 9. The van der Waals surface area contributed by atoms with Crippen molar-refractivity contribution in [1.29, 1.82) is 0 Å². The van der Waals surface area contributed by atoms with Crippen LogP contribution < -0.4 is 33.2 Å². The zero-order valence-electron chi connectivity index (χ0n) is 21.3. The van der Waals surface area contributed by atoms with E-state index in [0.717, 1.165) is 0 Å². The molecule has 0 bridgehead atoms. The highest BCUT2D eigenvalue weighted by atomic mass is 16.4. The van der Waals surface area contributed by atoms with Crippen molar-refractivity contribution in [1.82, 2.24) is 25.9 Å². The number of aliphatic hydroxyl groups is 1. The standard InChI is InChI=1S/C22H39N9O6/c1-11(2)7-16(21(36)37)30-19(34)15(5-4-6-27-22(24)25)29-20(35)17(12(3)32)31-18(33)14(23)8-13-9-26-10-28-13/h9-12,14-17,32H,4-8,23H2,1-3H3,(H,26,28)(H,29,35)(H,30,34)(H,31,33)(H,36,37)(H4,24,25,27). The highest BCUT2D eigenvalue weighted by Gasteiger charge is 2.32. The van der Waals surface area contributed by atoms with Gasteiger partial charge in [-0.15, -0.1) is 0 Å². The molecule has 0 saturated heterocycles. The van der Waals surface area contributed by atoms with Crippen LogP contribution in [0.1, 0.15) is 45.7 Å². The van der Waals surface area contributed by atoms with Crippen molar-refractivity contribution in [3.8, 4) is 0 Å². The molecule has 0 aliphatic rings. The van der Waals surface area contributed by atoms with E-state index in [1.807, 2.05) is 13.8 Å². The number of aliphatic hydroxyl groups excluding tert-OH is 1. The van der Waals surface area contributed by atoms with Crippen molar-refractivity contribution in [2.45, 2.75) is 76.7 Å². The minimum atomic E-state index is -1.43. The van der Waals surface area contributed by atoms with Crippen molar-refractivity contribution in [3.63, 3.8) is 0 Å². The second kappa shape index (κ2) is 15.4. The molecule has 1 aromatic heterocycles. The Balaban J connectivity index is 2.96. The number of amides is 3. The number of aromatic amines is 1. The number of hydrogen-bond acceptors (Lipinski definition) is 8. The van der Waals surface area contributed by atoms with Gasteiger partial charge in [0.15, 0.2) is 5.96 Å². The van der Waals surface area contributed by atoms with Gasteiger partial charge in [-0.1, -0.05) is 13.8 Å². The van der Waals surface area contributed by atoms with Crippen LogP contribution in [0.25, 0.3) is 0 Å². The third-order valence-electron chi connectivity index (χ3n) is 5.29. The van der Waals surface area contributed by atoms with Gasteiger partial charge in [0.2, 0.25) is 17.7 Å². The van der Waals surface area contributed by atoms with Crippen molar-refractivity contribution in [2.24, 2.45) is 28.1 Å². The number of aromatic nitrogens is 2. The SMILES string of the molecule is CC(C)CC(NC(=O)C(CCCN=C(N)N)NC(=O)C(NC(=O)C(N)Cc1cnc[nH]1)C(C)O)C(=O)O. The Hall–Kier alpha value is -3.72. The van der Waals surface area contributed by atoms with Crippen molar-refractivity contribution >= 4 is 29.7 Å². The molecular formula is C22H39N9O6. The lowest BCUT2D eigenvalue weighted by Crippen LogP contribution is -2.60. The zero-order chi connectivity index (χ0) is 28.1. The Morgan fingerprint density at radius 3 is 2.22 bits per heavy atom. The molecule has 1 rings (SSSR count). The maximum atomic E-state index is 13.0. The minimum Gasteiger partial charge on any atom is -0.480 e. The predicted octanol–water partition coefficient (Wildman–Crippen LogP) is -2.70. The van der Waals surface area contributed by atoms with Gasteiger partial charge < -0.3 is 48.3 Å². The van der Waals surface area contributed by atoms with E-state index >= 15 is 0 Å². The van der Waals surface area contributed by atoms with Gasteiger partial charge in [0.25, 0.3) is 0 Å². The number of H-pyrrole nitrogens is 1. The van der Waals surface area contributed by atoms with Gasteiger partial charge in [0.1, 0.15) is 18.1 Å². The molecular weight excluding hydrogens is 486 g/mol. The molecule has 0 aliphatic heterocycles. The predicted molar refractivity (Wildman–Crippen MR) is 135 cm³/mol. The summed E-state index contributed by atoms with van der Waals surface area (Å²) < 4.78 is 0. The van der Waals surface area contributed by atoms with Crippen LogP contribution in [-0.2, 0) is 25.6 Å². The monoisotopic (exact) mass is 525 g/mol. The first-order chi connectivity index (χ1) is 17.3. The summed E-state index contributed by atoms with van der Waals surface area (Å²) in [4.78, 5) is 60.6. The Bertz CT molecular complexity index is 916. The van der Waals surface area contributed by atoms with Gasteiger partial charge in [-0.25, -0.2) is 9.78 Å². The smallest absolute Gasteiger partial charge is 0.326 e. The van der Waals surface area contributed by atoms with Crippen LogP contribution >= 0.6 is 0 Å². The molecule has 0 fully saturated rings. The van der Waals surface area contributed by atoms with Gasteiger partial charge in [0, 0.05) is 24.9 Å². The summed E-state index contributed by atoms with van der Waals surface area (Å²) in [7, 11) is 0. The average Bonchev–Trinajstić information content (AvgIpc) is 3.30. The number of aliphatic imine (C=N–C) groups is 1. The summed E-state index contributed by atoms with van der Waals surface area (Å²) in [5, 5.41) is 26.9. The number of carboxylic acid groups (broad SMARTS) is 1. The van der Waals surface area contributed by atoms with Gasteiger partial charge in [-0.05, 0) is 32.1 Å². The molecule has 1 heterocycles. The Morgan fingerprint density at radius 2 is 1.70 bits per heavy atom. The summed E-state index contributed by atoms with van der Waals surface area (Å²) in [5.74, 6) is -3.67. The van der Waals surface area contributed by atoms with Crippen LogP contribution in [0.2, 0.25) is 0 Å². The van der Waals surface area contributed by atoms with E-state index in [0.29, 0.717) is 5.69 Å². The van der Waals surface area contributed by atoms with E-state index in [-0.39, 0.29) is 44.1 Å². The molecule has 0 spiro atoms. The largest absolute Gasteiger partial charge is 0.480 e. The topological polar surface area (TPSA) is 264 Å². The number of imidazole rings is 1. The number of rotatable bonds is 16. The number of carboxylic acids is 1. The number of carbonyl (C=O) groups excluding carboxylic acids is 3. The summed E-state index contributed by atoms with van der Waals surface area (Å²) in [5.41, 5.74) is 17.1. The van der Waals surface area contributed by atoms with Crippen LogP contribution in [0.15, 0.2) is 17.5 Å². The number of aliphatic carboxylic acids is 1. The number of carbonyl (C=O) groups is 4. The lowest BCUT2D eigenvalue weighted by Gasteiger charge is -2.26. The van der Waals surface area contributed by atoms with E-state index in [2.05, 4.69) is 30.9 Å². The summed E-state index contributed by atoms with van der Waals surface area (Å²) in [6, 6.07) is -4.83. The Morgan fingerprint density at radius 1 is 1.05 bits per heavy atom. The van der Waals surface area contributed by atoms with Crippen LogP contribution in [-0.4, -0.2) is 86.6 Å². The third-order valence-corrected chi connectivity index (χ3v) is 5.29. The molecule has 15 heteroatoms. The fourth-order valence-electron chi connectivity index (χ4n) is 3.39. The van der Waals surface area contributed by atoms with Crippen LogP contribution in [0, 0.1) is 5.92 Å². The number of nitrogens with zero attached hydrogens (tertiary/aromatic N) is 2. The van der Waals surface area contributed by atoms with Crippen molar-refractivity contribution < 1.29 is 29.4 Å². The highest BCUT2D eigenvalue weighted by molar-refractivity contribution is 5.94. The Labute approximate surface area is 215 Å². The molecule has 1 aromatic rings. The maximum Gasteiger partial charge on any atom is 0.326 e. The molecule has 5 atom stereocenters. The molecule has 12 N–H and O–H groups in total. The highest BCUT2D eigenvalue weighted by Crippen LogP contribution is 2.08. The quantitative estimate of drug-likeness (QED) is 0.0612. The van der Waals surface area contributed by atoms with Crippen LogP contribution in [0.3, 0.4) is 0 Å². The second-order valence-corrected chi connectivity index (χ2v) is 9.15. The Kier molecular flexibility index (Phi) is 13.0. The third kappa shape index (κ3) is 11.7. The molecule has 37 heavy (non-hydrogen) atoms. The fraction of sp³-hybridized carbons (Fsp3) is 0.636. The van der Waals surface area contributed by atoms with Crippen LogP contribution in [0.4, 0.5) is 0 Å². The first-order valence-corrected chi connectivity index (χ1v) is 11.9. The maximum absolute atomic E-state index is 13.0. The molecule has 208 valence electrons. The molecule has 3 amide bonds. The minimum absolute atomic E-state index is 0.0166. The first-order valence-electron chi connectivity index (χ1n) is 11.9. The zero-order valence-corrected chi connectivity index (χ0v) is 21.3. The normalized spacial score (nSPS) is 15.1. The molecule has 0 saturated carbocycles. The van der Waals surface area contributed by atoms with E-state index < -0.39 is 54.0 Å². The summed E-state index contributed by atoms with van der Waals surface area (Å²) in [6.45, 7) is 5.07. The lowest BCUT2D eigenvalue weighted by atomic mass is 10.0. The molecule has 0 radical (unpaired) electrons. The van der Waals surface area contributed by atoms with Crippen LogP contribution in [0.5, 0.6) is 0 Å². The number of nitrogens with one attached hydrogen (secondary N) is 4. The van der Waals surface area contributed by atoms with E-state index in [1.54, 1.807) is 0 Å². The number of guanidine groups is 1. The second-order valence-electron chi connectivity index (χ2n) is 9.15. The van der Waals surface area contributed by atoms with Gasteiger partial charge in [0.05, 0.1) is 18.5 Å². The summed E-state index contributed by atoms with van der Waals surface area (Å²) in [6.07, 6.45) is 2.22. The van der Waals surface area contributed by atoms with Gasteiger partial charge in [-0.2, -0.15) is 0 Å². The molecule has 0 aliphatic carbocycles. The van der Waals surface area contributed by atoms with E-state index in [4.69, 9.17) is 17.2 Å². The summed E-state index contributed by atoms with van der Waals surface area (Å²) >= 11 is 0. The number of nitrogens with two attached hydrogens (primary N) is 3. The first kappa shape index (κ1) is 31.3. The van der Waals surface area contributed by atoms with Gasteiger partial charge >= 0.3 is 5.97 Å².